The van der Waals surface area contributed by atoms with Crippen molar-refractivity contribution in [3.05, 3.63) is 137 Å². The molecule has 21 unspecified atom stereocenters. The standard InChI is InChI=1S/C66H70O35/c67-22-43-50(79)54(83)58(87)64(97-43)95-41-20-32(70)19-40-33(41)21-42(61(93-40)29-6-8-35(72)37(74)17-29)96-66-62(101-65-60(89)56(85)52(81)45(99-65)24-90-47(76)10-3-26-1-7-34(71)36(73)15-26)57(86)53(82)46(100-66)25-92-48(77)11-4-27-2-9-39(38(75)16-27)94-63-59(88)55(84)51(80)44(98-63)23-91-49(78)12-5-28-13-30(68)18-31(69)14-28/h1-21,43-46,50-75,79-89H,22-25H2. The zero-order valence-electron chi connectivity index (χ0n) is 52.1. The number of hydrogen-bond acceptors (Lipinski definition) is 35. The summed E-state index contributed by atoms with van der Waals surface area (Å²) in [5.74, 6) is -8.62. The van der Waals surface area contributed by atoms with Crippen molar-refractivity contribution >= 4 is 42.2 Å². The summed E-state index contributed by atoms with van der Waals surface area (Å²) in [7, 11) is 0. The van der Waals surface area contributed by atoms with Crippen LogP contribution in [-0.4, -0.2) is 269 Å². The van der Waals surface area contributed by atoms with E-state index in [2.05, 4.69) is 0 Å². The second-order valence-electron chi connectivity index (χ2n) is 23.5. The van der Waals surface area contributed by atoms with Crippen molar-refractivity contribution in [3.63, 3.8) is 0 Å². The van der Waals surface area contributed by atoms with Crippen LogP contribution in [0.5, 0.6) is 63.2 Å². The quantitative estimate of drug-likeness (QED) is 0.0149. The fourth-order valence-corrected chi connectivity index (χ4v) is 10.9. The Hall–Kier alpha value is -9.61. The maximum atomic E-state index is 13.4. The molecule has 0 saturated carbocycles. The van der Waals surface area contributed by atoms with Crippen LogP contribution in [0, 0.1) is 0 Å². The minimum Gasteiger partial charge on any atom is -0.508 e. The second-order valence-corrected chi connectivity index (χ2v) is 23.5. The van der Waals surface area contributed by atoms with Gasteiger partial charge < -0.3 is 159 Å². The molecule has 4 fully saturated rings. The van der Waals surface area contributed by atoms with E-state index in [1.54, 1.807) is 0 Å². The summed E-state index contributed by atoms with van der Waals surface area (Å²) in [6.07, 6.45) is -33.1. The van der Waals surface area contributed by atoms with Crippen LogP contribution in [-0.2, 0) is 57.0 Å². The van der Waals surface area contributed by atoms with Gasteiger partial charge in [0.15, 0.2) is 53.0 Å². The minimum absolute atomic E-state index is 0.0271. The van der Waals surface area contributed by atoms with E-state index in [1.165, 1.54) is 42.5 Å². The highest BCUT2D eigenvalue weighted by Crippen LogP contribution is 2.47. The van der Waals surface area contributed by atoms with Gasteiger partial charge in [0.1, 0.15) is 146 Å². The van der Waals surface area contributed by atoms with Gasteiger partial charge in [-0.3, -0.25) is 0 Å². The lowest BCUT2D eigenvalue weighted by Gasteiger charge is -2.46. The summed E-state index contributed by atoms with van der Waals surface area (Å²) in [6, 6.07) is 16.1. The zero-order valence-corrected chi connectivity index (χ0v) is 52.1. The third kappa shape index (κ3) is 17.4. The van der Waals surface area contributed by atoms with E-state index in [9.17, 15) is 117 Å². The Kier molecular flexibility index (Phi) is 23.4. The first kappa shape index (κ1) is 74.1. The Morgan fingerprint density at radius 2 is 0.842 bits per heavy atom. The number of carbonyl (C=O) groups excluding carboxylic acids is 3. The molecule has 544 valence electrons. The fraction of sp³-hybridized carbons (Fsp3) is 0.379. The van der Waals surface area contributed by atoms with E-state index >= 15 is 0 Å². The van der Waals surface area contributed by atoms with Crippen LogP contribution in [0.4, 0.5) is 0 Å². The SMILES string of the molecule is O=C(C=Cc1cc(O)cc(O)c1)OCC1OC(Oc2ccc(C=CC(=O)OCC3OC(OC4=Cc5c(cc(O)cc5OC5OC(CO)C(O)C(O)C5O)OC4c4ccc(O)c(O)c4)C(OC4OC(COC(=O)C=Cc5ccc(O)c(O)c5)C(O)C(O)C4O)C(O)C3O)cc2O)C(O)C(O)C1O. The van der Waals surface area contributed by atoms with Crippen molar-refractivity contribution in [1.29, 1.82) is 0 Å². The molecule has 5 aliphatic heterocycles. The maximum absolute atomic E-state index is 13.4. The molecule has 101 heavy (non-hydrogen) atoms. The lowest BCUT2D eigenvalue weighted by atomic mass is 9.97. The van der Waals surface area contributed by atoms with Gasteiger partial charge >= 0.3 is 17.9 Å². The Balaban J connectivity index is 0.876. The van der Waals surface area contributed by atoms with Crippen molar-refractivity contribution < 1.29 is 173 Å². The van der Waals surface area contributed by atoms with Gasteiger partial charge in [-0.2, -0.15) is 0 Å². The summed E-state index contributed by atoms with van der Waals surface area (Å²) in [5, 5.41) is 213. The van der Waals surface area contributed by atoms with Gasteiger partial charge in [-0.25, -0.2) is 14.4 Å². The molecular weight excluding hydrogens is 1350 g/mol. The summed E-state index contributed by atoms with van der Waals surface area (Å²) < 4.78 is 69.3. The van der Waals surface area contributed by atoms with Gasteiger partial charge in [-0.15, -0.1) is 0 Å². The van der Waals surface area contributed by atoms with Crippen LogP contribution in [0.3, 0.4) is 0 Å². The zero-order chi connectivity index (χ0) is 72.8. The number of esters is 3. The third-order valence-corrected chi connectivity index (χ3v) is 16.4. The van der Waals surface area contributed by atoms with Crippen LogP contribution in [0.2, 0.25) is 0 Å². The molecule has 10 rings (SSSR count). The lowest BCUT2D eigenvalue weighted by Crippen LogP contribution is -2.64. The number of fused-ring (bicyclic) bond motifs is 1. The highest BCUT2D eigenvalue weighted by Gasteiger charge is 2.53. The predicted molar refractivity (Wildman–Crippen MR) is 332 cm³/mol. The van der Waals surface area contributed by atoms with Crippen LogP contribution in [0.15, 0.2) is 109 Å². The Morgan fingerprint density at radius 1 is 0.396 bits per heavy atom. The predicted octanol–water partition coefficient (Wildman–Crippen LogP) is -2.40. The highest BCUT2D eigenvalue weighted by atomic mass is 16.8. The van der Waals surface area contributed by atoms with E-state index < -0.39 is 219 Å². The Labute approximate surface area is 569 Å². The van der Waals surface area contributed by atoms with Crippen LogP contribution in [0.25, 0.3) is 24.3 Å². The largest absolute Gasteiger partial charge is 0.508 e. The summed E-state index contributed by atoms with van der Waals surface area (Å²) in [6.45, 7) is -3.34. The average Bonchev–Trinajstić information content (AvgIpc) is 0.766. The number of phenols is 8. The van der Waals surface area contributed by atoms with Gasteiger partial charge in [0, 0.05) is 42.0 Å². The van der Waals surface area contributed by atoms with E-state index in [-0.39, 0.29) is 50.8 Å². The first-order chi connectivity index (χ1) is 48.0. The average molecular weight is 1420 g/mol. The molecule has 35 nitrogen and oxygen atoms in total. The lowest BCUT2D eigenvalue weighted by molar-refractivity contribution is -0.364. The normalized spacial score (nSPS) is 31.2. The molecule has 0 bridgehead atoms. The monoisotopic (exact) mass is 1420 g/mol. The Morgan fingerprint density at radius 3 is 1.38 bits per heavy atom. The highest BCUT2D eigenvalue weighted by molar-refractivity contribution is 5.88. The topological polar surface area (TPSA) is 567 Å². The van der Waals surface area contributed by atoms with Gasteiger partial charge in [-0.05, 0) is 89.5 Å². The van der Waals surface area contributed by atoms with Crippen molar-refractivity contribution in [2.45, 2.75) is 129 Å². The summed E-state index contributed by atoms with van der Waals surface area (Å²) in [4.78, 5) is 38.8. The molecule has 5 aromatic carbocycles. The Bertz CT molecular complexity index is 3870. The van der Waals surface area contributed by atoms with Crippen LogP contribution in [0.1, 0.15) is 33.9 Å². The molecule has 0 spiro atoms. The van der Waals surface area contributed by atoms with Gasteiger partial charge in [0.25, 0.3) is 0 Å². The molecule has 0 radical (unpaired) electrons. The van der Waals surface area contributed by atoms with E-state index in [0.29, 0.717) is 0 Å². The van der Waals surface area contributed by atoms with E-state index in [0.717, 1.165) is 85.0 Å². The molecule has 0 aromatic heterocycles. The molecule has 21 atom stereocenters. The van der Waals surface area contributed by atoms with E-state index in [1.807, 2.05) is 0 Å². The molecule has 5 heterocycles. The van der Waals surface area contributed by atoms with Gasteiger partial charge in [0.05, 0.1) is 12.2 Å². The van der Waals surface area contributed by atoms with Crippen molar-refractivity contribution in [3.8, 4) is 63.2 Å². The molecular formula is C66H70O35. The number of aromatic hydroxyl groups is 8. The first-order valence-corrected chi connectivity index (χ1v) is 30.6. The third-order valence-electron chi connectivity index (χ3n) is 16.4. The smallest absolute Gasteiger partial charge is 0.330 e. The number of aliphatic hydroxyl groups excluding tert-OH is 12. The maximum Gasteiger partial charge on any atom is 0.330 e. The van der Waals surface area contributed by atoms with Gasteiger partial charge in [-0.1, -0.05) is 18.2 Å². The molecule has 0 amide bonds. The summed E-state index contributed by atoms with van der Waals surface area (Å²) >= 11 is 0. The minimum atomic E-state index is -2.27. The molecule has 5 aliphatic rings. The molecule has 20 N–H and O–H groups in total. The molecule has 5 aromatic rings. The number of ether oxygens (including phenoxy) is 12. The van der Waals surface area contributed by atoms with Crippen LogP contribution < -0.4 is 14.2 Å². The second kappa shape index (κ2) is 31.9. The van der Waals surface area contributed by atoms with Crippen molar-refractivity contribution in [1.82, 2.24) is 0 Å². The number of aliphatic hydroxyl groups is 12. The summed E-state index contributed by atoms with van der Waals surface area (Å²) in [5.41, 5.74) is 0.369. The molecule has 35 heteroatoms. The number of phenolic OH excluding ortho intramolecular Hbond substituents is 8. The number of carbonyl (C=O) groups is 3. The fourth-order valence-electron chi connectivity index (χ4n) is 10.9. The van der Waals surface area contributed by atoms with Gasteiger partial charge in [0.2, 0.25) is 18.9 Å². The van der Waals surface area contributed by atoms with Crippen LogP contribution >= 0.6 is 0 Å². The first-order valence-electron chi connectivity index (χ1n) is 30.6. The number of rotatable bonds is 22. The number of hydrogen-bond donors (Lipinski definition) is 20. The molecule has 4 saturated heterocycles. The number of benzene rings is 5. The molecule has 0 aliphatic carbocycles. The van der Waals surface area contributed by atoms with E-state index in [4.69, 9.17) is 56.8 Å². The van der Waals surface area contributed by atoms with Crippen molar-refractivity contribution in [2.75, 3.05) is 26.4 Å². The van der Waals surface area contributed by atoms with Crippen molar-refractivity contribution in [2.24, 2.45) is 0 Å².